The second-order valence-corrected chi connectivity index (χ2v) is 11.4. The first-order valence-electron chi connectivity index (χ1n) is 15.2. The Morgan fingerprint density at radius 2 is 1.18 bits per heavy atom. The molecule has 0 amide bonds. The summed E-state index contributed by atoms with van der Waals surface area (Å²) in [7, 11) is 0. The summed E-state index contributed by atoms with van der Waals surface area (Å²) in [6.07, 6.45) is 2.85. The van der Waals surface area contributed by atoms with E-state index in [-0.39, 0.29) is 12.3 Å². The molecule has 2 aliphatic heterocycles. The van der Waals surface area contributed by atoms with Crippen molar-refractivity contribution in [1.82, 2.24) is 10.0 Å². The number of allylic oxidation sites excluding steroid dienone is 1. The van der Waals surface area contributed by atoms with E-state index in [9.17, 15) is 0 Å². The van der Waals surface area contributed by atoms with Gasteiger partial charge in [0, 0.05) is 23.6 Å². The van der Waals surface area contributed by atoms with E-state index in [1.165, 1.54) is 51.0 Å². The number of aliphatic imine (C=N–C) groups is 1. The van der Waals surface area contributed by atoms with Gasteiger partial charge in [0.15, 0.2) is 0 Å². The Hall–Kier alpha value is -5.78. The molecule has 3 N–H and O–H groups in total. The highest BCUT2D eigenvalue weighted by atomic mass is 15.9. The molecule has 2 aliphatic rings. The monoisotopic (exact) mass is 581 g/mol. The Labute approximate surface area is 262 Å². The van der Waals surface area contributed by atoms with Crippen molar-refractivity contribution in [2.45, 2.75) is 12.3 Å². The summed E-state index contributed by atoms with van der Waals surface area (Å²) in [6, 6.07) is 51.3. The maximum Gasteiger partial charge on any atom is 0.150 e. The van der Waals surface area contributed by atoms with Gasteiger partial charge in [0.05, 0.1) is 0 Å². The number of nitrogens with two attached hydrogens (primary N) is 1. The van der Waals surface area contributed by atoms with E-state index in [0.29, 0.717) is 5.57 Å². The number of nitrogens with zero attached hydrogens (tertiary/aromatic N) is 3. The van der Waals surface area contributed by atoms with Gasteiger partial charge in [-0.3, -0.25) is 5.01 Å². The molecule has 3 unspecified atom stereocenters. The quantitative estimate of drug-likeness (QED) is 0.146. The fraction of sp³-hybridized carbons (Fsp3) is 0.0500. The number of hydrazine groups is 1. The first kappa shape index (κ1) is 26.8. The molecule has 1 saturated heterocycles. The molecule has 0 saturated carbocycles. The Kier molecular flexibility index (Phi) is 6.59. The van der Waals surface area contributed by atoms with Crippen LogP contribution >= 0.6 is 0 Å². The van der Waals surface area contributed by atoms with E-state index in [1.807, 2.05) is 18.2 Å². The predicted octanol–water partition coefficient (Wildman–Crippen LogP) is 8.81. The van der Waals surface area contributed by atoms with Crippen LogP contribution in [0.1, 0.15) is 34.6 Å². The number of benzene rings is 6. The second kappa shape index (κ2) is 11.1. The van der Waals surface area contributed by atoms with E-state index in [4.69, 9.17) is 16.1 Å². The van der Waals surface area contributed by atoms with E-state index < -0.39 is 0 Å². The SMILES string of the molecule is N=CC(=CN)c1ccc(-c2cccc3c(-c4ccc(C5N=C(c6ccccc6)N6C(c7ccccc7)N56)cc4)cccc23)cc1. The van der Waals surface area contributed by atoms with Crippen LogP contribution in [0, 0.1) is 5.41 Å². The molecule has 0 bridgehead atoms. The van der Waals surface area contributed by atoms with E-state index in [0.717, 1.165) is 22.5 Å². The maximum atomic E-state index is 7.61. The predicted molar refractivity (Wildman–Crippen MR) is 184 cm³/mol. The van der Waals surface area contributed by atoms with Crippen molar-refractivity contribution >= 4 is 28.4 Å². The summed E-state index contributed by atoms with van der Waals surface area (Å²) in [5.74, 6) is 1.02. The minimum atomic E-state index is -0.0798. The normalized spacial score (nSPS) is 18.8. The Bertz CT molecular complexity index is 2080. The minimum Gasteiger partial charge on any atom is -0.404 e. The Morgan fingerprint density at radius 1 is 0.600 bits per heavy atom. The van der Waals surface area contributed by atoms with Gasteiger partial charge in [-0.2, -0.15) is 5.01 Å². The van der Waals surface area contributed by atoms with Crippen LogP contribution in [-0.2, 0) is 0 Å². The molecule has 6 aromatic carbocycles. The molecule has 6 aromatic rings. The summed E-state index contributed by atoms with van der Waals surface area (Å²) in [4.78, 5) is 5.21. The molecule has 216 valence electrons. The number of hydrogen-bond acceptors (Lipinski definition) is 5. The van der Waals surface area contributed by atoms with Crippen LogP contribution < -0.4 is 5.73 Å². The number of nitrogens with one attached hydrogen (secondary N) is 1. The minimum absolute atomic E-state index is 0.0798. The van der Waals surface area contributed by atoms with E-state index in [2.05, 4.69) is 137 Å². The van der Waals surface area contributed by atoms with E-state index in [1.54, 1.807) is 0 Å². The fourth-order valence-electron chi connectivity index (χ4n) is 6.55. The highest BCUT2D eigenvalue weighted by molar-refractivity contribution is 6.08. The Balaban J connectivity index is 1.13. The number of hydrogen-bond donors (Lipinski definition) is 2. The molecule has 0 aliphatic carbocycles. The smallest absolute Gasteiger partial charge is 0.150 e. The van der Waals surface area contributed by atoms with Crippen LogP contribution in [0.3, 0.4) is 0 Å². The largest absolute Gasteiger partial charge is 0.404 e. The van der Waals surface area contributed by atoms with Crippen molar-refractivity contribution < 1.29 is 0 Å². The molecule has 5 heteroatoms. The number of fused-ring (bicyclic) bond motifs is 2. The zero-order valence-electron chi connectivity index (χ0n) is 24.6. The topological polar surface area (TPSA) is 68.3 Å². The standard InChI is InChI=1S/C40H31N5/c41-25-33(26-42)27-17-19-28(20-18-27)34-13-7-16-37-35(14-8-15-36(34)37)29-21-23-31(24-22-29)39-43-38(30-9-3-1-4-10-30)44-40(45(39)44)32-11-5-2-6-12-32/h1-26,39-41H,42H2. The van der Waals surface area contributed by atoms with Crippen molar-refractivity contribution in [2.24, 2.45) is 10.7 Å². The van der Waals surface area contributed by atoms with E-state index >= 15 is 0 Å². The third-order valence-corrected chi connectivity index (χ3v) is 8.82. The van der Waals surface area contributed by atoms with Crippen LogP contribution in [0.5, 0.6) is 0 Å². The van der Waals surface area contributed by atoms with Crippen molar-refractivity contribution in [3.8, 4) is 22.3 Å². The van der Waals surface area contributed by atoms with Crippen molar-refractivity contribution in [3.63, 3.8) is 0 Å². The first-order chi connectivity index (χ1) is 22.2. The molecule has 8 rings (SSSR count). The van der Waals surface area contributed by atoms with Gasteiger partial charge in [-0.15, -0.1) is 0 Å². The van der Waals surface area contributed by atoms with Gasteiger partial charge in [-0.05, 0) is 49.7 Å². The van der Waals surface area contributed by atoms with Crippen LogP contribution in [0.15, 0.2) is 157 Å². The van der Waals surface area contributed by atoms with Crippen LogP contribution in [0.2, 0.25) is 0 Å². The van der Waals surface area contributed by atoms with Crippen LogP contribution in [0.25, 0.3) is 38.6 Å². The average Bonchev–Trinajstić information content (AvgIpc) is 3.72. The summed E-state index contributed by atoms with van der Waals surface area (Å²) >= 11 is 0. The van der Waals surface area contributed by atoms with Gasteiger partial charge in [0.25, 0.3) is 0 Å². The number of amidine groups is 1. The molecule has 1 fully saturated rings. The second-order valence-electron chi connectivity index (χ2n) is 11.4. The molecule has 0 spiro atoms. The molecule has 45 heavy (non-hydrogen) atoms. The van der Waals surface area contributed by atoms with Gasteiger partial charge in [-0.25, -0.2) is 4.99 Å². The van der Waals surface area contributed by atoms with Crippen molar-refractivity contribution in [3.05, 3.63) is 174 Å². The summed E-state index contributed by atoms with van der Waals surface area (Å²) in [5.41, 5.74) is 15.6. The molecular weight excluding hydrogens is 550 g/mol. The lowest BCUT2D eigenvalue weighted by molar-refractivity contribution is 0.341. The summed E-state index contributed by atoms with van der Waals surface area (Å²) in [6.45, 7) is 0. The highest BCUT2D eigenvalue weighted by Gasteiger charge is 2.57. The lowest BCUT2D eigenvalue weighted by Gasteiger charge is -2.14. The van der Waals surface area contributed by atoms with Gasteiger partial charge in [0.2, 0.25) is 0 Å². The lowest BCUT2D eigenvalue weighted by atomic mass is 9.92. The Morgan fingerprint density at radius 3 is 1.76 bits per heavy atom. The molecule has 0 aromatic heterocycles. The third kappa shape index (κ3) is 4.62. The van der Waals surface area contributed by atoms with Gasteiger partial charge >= 0.3 is 0 Å². The first-order valence-corrected chi connectivity index (χ1v) is 15.2. The zero-order chi connectivity index (χ0) is 30.3. The summed E-state index contributed by atoms with van der Waals surface area (Å²) < 4.78 is 0. The van der Waals surface area contributed by atoms with Crippen LogP contribution in [-0.4, -0.2) is 22.1 Å². The average molecular weight is 582 g/mol. The van der Waals surface area contributed by atoms with Crippen molar-refractivity contribution in [2.75, 3.05) is 0 Å². The maximum absolute atomic E-state index is 7.61. The highest BCUT2D eigenvalue weighted by Crippen LogP contribution is 2.54. The lowest BCUT2D eigenvalue weighted by Crippen LogP contribution is -2.11. The molecule has 0 radical (unpaired) electrons. The fourth-order valence-corrected chi connectivity index (χ4v) is 6.55. The number of rotatable bonds is 7. The zero-order valence-corrected chi connectivity index (χ0v) is 24.6. The molecule has 5 nitrogen and oxygen atoms in total. The van der Waals surface area contributed by atoms with Crippen LogP contribution in [0.4, 0.5) is 0 Å². The molecular formula is C40H31N5. The van der Waals surface area contributed by atoms with Gasteiger partial charge in [-0.1, -0.05) is 146 Å². The van der Waals surface area contributed by atoms with Gasteiger partial charge < -0.3 is 11.1 Å². The molecule has 2 heterocycles. The van der Waals surface area contributed by atoms with Crippen molar-refractivity contribution in [1.29, 1.82) is 5.41 Å². The third-order valence-electron chi connectivity index (χ3n) is 8.82. The molecule has 3 atom stereocenters. The van der Waals surface area contributed by atoms with Gasteiger partial charge in [0.1, 0.15) is 18.2 Å². The summed E-state index contributed by atoms with van der Waals surface area (Å²) in [5, 5.41) is 14.7.